The van der Waals surface area contributed by atoms with Gasteiger partial charge in [-0.2, -0.15) is 0 Å². The van der Waals surface area contributed by atoms with E-state index in [1.165, 1.54) is 37.1 Å². The lowest BCUT2D eigenvalue weighted by Gasteiger charge is -2.23. The van der Waals surface area contributed by atoms with Crippen molar-refractivity contribution in [2.45, 2.75) is 32.1 Å². The summed E-state index contributed by atoms with van der Waals surface area (Å²) in [5, 5.41) is 6.97. The van der Waals surface area contributed by atoms with Crippen molar-refractivity contribution in [3.8, 4) is 0 Å². The van der Waals surface area contributed by atoms with Gasteiger partial charge in [-0.1, -0.05) is 0 Å². The van der Waals surface area contributed by atoms with Gasteiger partial charge in [0.25, 0.3) is 0 Å². The third kappa shape index (κ3) is 2.41. The summed E-state index contributed by atoms with van der Waals surface area (Å²) in [4.78, 5) is 8.74. The zero-order chi connectivity index (χ0) is 11.5. The number of rotatable bonds is 3. The summed E-state index contributed by atoms with van der Waals surface area (Å²) in [5.41, 5.74) is 2.61. The Morgan fingerprint density at radius 3 is 3.18 bits per heavy atom. The first-order chi connectivity index (χ1) is 8.43. The predicted octanol–water partition coefficient (Wildman–Crippen LogP) is 1.38. The quantitative estimate of drug-likeness (QED) is 0.826. The highest BCUT2D eigenvalue weighted by atomic mass is 15.0. The minimum absolute atomic E-state index is 0.746. The molecule has 1 aliphatic carbocycles. The van der Waals surface area contributed by atoms with Crippen molar-refractivity contribution in [2.75, 3.05) is 25.0 Å². The van der Waals surface area contributed by atoms with Gasteiger partial charge in [-0.3, -0.25) is 0 Å². The zero-order valence-corrected chi connectivity index (χ0v) is 10.2. The average Bonchev–Trinajstić information content (AvgIpc) is 2.86. The van der Waals surface area contributed by atoms with Crippen molar-refractivity contribution < 1.29 is 0 Å². The van der Waals surface area contributed by atoms with Crippen molar-refractivity contribution >= 4 is 5.82 Å². The maximum absolute atomic E-state index is 4.39. The SMILES string of the molecule is c1nc2c(c(NCC3CCCNC3)n1)CCC2. The number of aromatic nitrogens is 2. The number of nitrogens with zero attached hydrogens (tertiary/aromatic N) is 2. The summed E-state index contributed by atoms with van der Waals surface area (Å²) in [6, 6.07) is 0. The molecule has 1 atom stereocenters. The van der Waals surface area contributed by atoms with Crippen LogP contribution in [0.5, 0.6) is 0 Å². The Bertz CT molecular complexity index is 385. The number of aryl methyl sites for hydroxylation is 1. The Morgan fingerprint density at radius 2 is 2.29 bits per heavy atom. The molecule has 4 heteroatoms. The van der Waals surface area contributed by atoms with Crippen LogP contribution in [0.2, 0.25) is 0 Å². The molecule has 92 valence electrons. The van der Waals surface area contributed by atoms with Crippen LogP contribution in [0, 0.1) is 5.92 Å². The van der Waals surface area contributed by atoms with E-state index in [0.29, 0.717) is 0 Å². The van der Waals surface area contributed by atoms with Crippen LogP contribution in [-0.2, 0) is 12.8 Å². The summed E-state index contributed by atoms with van der Waals surface area (Å²) in [5.74, 6) is 1.83. The molecular formula is C13H20N4. The minimum Gasteiger partial charge on any atom is -0.369 e. The fourth-order valence-corrected chi connectivity index (χ4v) is 2.85. The van der Waals surface area contributed by atoms with Gasteiger partial charge in [0, 0.05) is 17.8 Å². The number of fused-ring (bicyclic) bond motifs is 1. The van der Waals surface area contributed by atoms with E-state index in [-0.39, 0.29) is 0 Å². The molecule has 0 spiro atoms. The van der Waals surface area contributed by atoms with Crippen LogP contribution in [0.15, 0.2) is 6.33 Å². The first-order valence-electron chi connectivity index (χ1n) is 6.71. The van der Waals surface area contributed by atoms with E-state index in [1.54, 1.807) is 6.33 Å². The minimum atomic E-state index is 0.746. The fraction of sp³-hybridized carbons (Fsp3) is 0.692. The van der Waals surface area contributed by atoms with Gasteiger partial charge in [-0.25, -0.2) is 9.97 Å². The summed E-state index contributed by atoms with van der Waals surface area (Å²) in [7, 11) is 0. The number of piperidine rings is 1. The van der Waals surface area contributed by atoms with Gasteiger partial charge in [0.1, 0.15) is 12.1 Å². The van der Waals surface area contributed by atoms with Gasteiger partial charge in [0.05, 0.1) is 0 Å². The molecule has 1 unspecified atom stereocenters. The molecule has 3 rings (SSSR count). The lowest BCUT2D eigenvalue weighted by atomic mass is 10.00. The van der Waals surface area contributed by atoms with E-state index < -0.39 is 0 Å². The van der Waals surface area contributed by atoms with Gasteiger partial charge in [-0.15, -0.1) is 0 Å². The van der Waals surface area contributed by atoms with Gasteiger partial charge in [0.2, 0.25) is 0 Å². The molecule has 0 bridgehead atoms. The smallest absolute Gasteiger partial charge is 0.132 e. The normalized spacial score (nSPS) is 23.4. The molecule has 2 N–H and O–H groups in total. The van der Waals surface area contributed by atoms with Gasteiger partial charge in [0.15, 0.2) is 0 Å². The van der Waals surface area contributed by atoms with Crippen molar-refractivity contribution in [1.29, 1.82) is 0 Å². The largest absolute Gasteiger partial charge is 0.369 e. The number of hydrogen-bond donors (Lipinski definition) is 2. The van der Waals surface area contributed by atoms with Crippen molar-refractivity contribution in [3.05, 3.63) is 17.6 Å². The van der Waals surface area contributed by atoms with Crippen molar-refractivity contribution in [1.82, 2.24) is 15.3 Å². The first kappa shape index (κ1) is 11.0. The highest BCUT2D eigenvalue weighted by Gasteiger charge is 2.18. The van der Waals surface area contributed by atoms with Gasteiger partial charge in [-0.05, 0) is 51.1 Å². The Morgan fingerprint density at radius 1 is 1.29 bits per heavy atom. The summed E-state index contributed by atoms with van der Waals surface area (Å²) >= 11 is 0. The molecule has 17 heavy (non-hydrogen) atoms. The maximum atomic E-state index is 4.39. The standard InChI is InChI=1S/C13H20N4/c1-4-11-12(5-1)16-9-17-13(11)15-8-10-3-2-6-14-7-10/h9-10,14H,1-8H2,(H,15,16,17). The van der Waals surface area contributed by atoms with E-state index >= 15 is 0 Å². The molecule has 0 aromatic carbocycles. The molecule has 1 fully saturated rings. The molecule has 0 radical (unpaired) electrons. The third-order valence-corrected chi connectivity index (χ3v) is 3.83. The predicted molar refractivity (Wildman–Crippen MR) is 68.1 cm³/mol. The number of anilines is 1. The molecule has 1 aromatic heterocycles. The Balaban J connectivity index is 1.63. The highest BCUT2D eigenvalue weighted by molar-refractivity contribution is 5.47. The van der Waals surface area contributed by atoms with E-state index in [1.807, 2.05) is 0 Å². The number of nitrogens with one attached hydrogen (secondary N) is 2. The first-order valence-corrected chi connectivity index (χ1v) is 6.71. The zero-order valence-electron chi connectivity index (χ0n) is 10.2. The van der Waals surface area contributed by atoms with E-state index in [2.05, 4.69) is 20.6 Å². The second kappa shape index (κ2) is 5.00. The van der Waals surface area contributed by atoms with E-state index in [4.69, 9.17) is 0 Å². The molecule has 2 heterocycles. The average molecular weight is 232 g/mol. The summed E-state index contributed by atoms with van der Waals surface area (Å²) < 4.78 is 0. The monoisotopic (exact) mass is 232 g/mol. The Kier molecular flexibility index (Phi) is 3.22. The van der Waals surface area contributed by atoms with Gasteiger partial charge >= 0.3 is 0 Å². The second-order valence-corrected chi connectivity index (χ2v) is 5.09. The second-order valence-electron chi connectivity index (χ2n) is 5.09. The molecule has 0 saturated carbocycles. The van der Waals surface area contributed by atoms with Crippen LogP contribution in [0.1, 0.15) is 30.5 Å². The lowest BCUT2D eigenvalue weighted by molar-refractivity contribution is 0.392. The molecular weight excluding hydrogens is 212 g/mol. The van der Waals surface area contributed by atoms with E-state index in [9.17, 15) is 0 Å². The van der Waals surface area contributed by atoms with Crippen LogP contribution in [0.25, 0.3) is 0 Å². The van der Waals surface area contributed by atoms with Crippen LogP contribution in [-0.4, -0.2) is 29.6 Å². The lowest BCUT2D eigenvalue weighted by Crippen LogP contribution is -2.33. The maximum Gasteiger partial charge on any atom is 0.132 e. The van der Waals surface area contributed by atoms with Crippen LogP contribution in [0.3, 0.4) is 0 Å². The molecule has 0 amide bonds. The Hall–Kier alpha value is -1.16. The molecule has 4 nitrogen and oxygen atoms in total. The summed E-state index contributed by atoms with van der Waals surface area (Å²) in [6.07, 6.45) is 7.82. The van der Waals surface area contributed by atoms with E-state index in [0.717, 1.165) is 37.7 Å². The summed E-state index contributed by atoms with van der Waals surface area (Å²) in [6.45, 7) is 3.36. The molecule has 1 aromatic rings. The van der Waals surface area contributed by atoms with Crippen LogP contribution in [0.4, 0.5) is 5.82 Å². The van der Waals surface area contributed by atoms with Crippen molar-refractivity contribution in [2.24, 2.45) is 5.92 Å². The highest BCUT2D eigenvalue weighted by Crippen LogP contribution is 2.25. The van der Waals surface area contributed by atoms with Crippen molar-refractivity contribution in [3.63, 3.8) is 0 Å². The van der Waals surface area contributed by atoms with Gasteiger partial charge < -0.3 is 10.6 Å². The van der Waals surface area contributed by atoms with Crippen LogP contribution < -0.4 is 10.6 Å². The Labute approximate surface area is 102 Å². The van der Waals surface area contributed by atoms with Crippen LogP contribution >= 0.6 is 0 Å². The third-order valence-electron chi connectivity index (χ3n) is 3.83. The topological polar surface area (TPSA) is 49.8 Å². The molecule has 1 saturated heterocycles. The molecule has 1 aliphatic heterocycles. The number of hydrogen-bond acceptors (Lipinski definition) is 4. The molecule has 2 aliphatic rings. The fourth-order valence-electron chi connectivity index (χ4n) is 2.85.